The summed E-state index contributed by atoms with van der Waals surface area (Å²) in [6.07, 6.45) is -0.421. The molecule has 0 aliphatic carbocycles. The Morgan fingerprint density at radius 3 is 2.14 bits per heavy atom. The maximum atomic E-state index is 13.5. The third kappa shape index (κ3) is 4.71. The fourth-order valence-corrected chi connectivity index (χ4v) is 3.23. The number of sulfonamides is 1. The van der Waals surface area contributed by atoms with Crippen LogP contribution in [-0.4, -0.2) is 25.0 Å². The van der Waals surface area contributed by atoms with E-state index >= 15 is 0 Å². The maximum Gasteiger partial charge on any atom is 0.303 e. The lowest BCUT2D eigenvalue weighted by molar-refractivity contribution is -0.137. The Labute approximate surface area is 119 Å². The first-order valence-electron chi connectivity index (χ1n) is 5.85. The third-order valence-electron chi connectivity index (χ3n) is 2.61. The van der Waals surface area contributed by atoms with Crippen LogP contribution in [0.1, 0.15) is 26.7 Å². The van der Waals surface area contributed by atoms with E-state index in [1.807, 2.05) is 4.72 Å². The fourth-order valence-electron chi connectivity index (χ4n) is 1.67. The van der Waals surface area contributed by atoms with Crippen molar-refractivity contribution in [1.82, 2.24) is 4.72 Å². The Balaban J connectivity index is 3.10. The molecular weight excluding hydrogens is 311 g/mol. The predicted octanol–water partition coefficient (Wildman–Crippen LogP) is 2.03. The number of benzene rings is 1. The molecule has 0 fully saturated rings. The number of halogens is 3. The number of aliphatic carboxylic acids is 1. The topological polar surface area (TPSA) is 83.5 Å². The maximum absolute atomic E-state index is 13.5. The van der Waals surface area contributed by atoms with Gasteiger partial charge in [-0.3, -0.25) is 4.79 Å². The van der Waals surface area contributed by atoms with Gasteiger partial charge in [0, 0.05) is 24.1 Å². The molecule has 0 atom stereocenters. The van der Waals surface area contributed by atoms with Crippen molar-refractivity contribution in [2.45, 2.75) is 37.1 Å². The molecule has 0 bridgehead atoms. The van der Waals surface area contributed by atoms with Crippen molar-refractivity contribution in [3.63, 3.8) is 0 Å². The minimum Gasteiger partial charge on any atom is -0.481 e. The Morgan fingerprint density at radius 1 is 1.24 bits per heavy atom. The Hall–Kier alpha value is -1.61. The van der Waals surface area contributed by atoms with E-state index in [1.165, 1.54) is 13.8 Å². The van der Waals surface area contributed by atoms with Gasteiger partial charge >= 0.3 is 5.97 Å². The van der Waals surface area contributed by atoms with Gasteiger partial charge in [0.1, 0.15) is 17.5 Å². The van der Waals surface area contributed by atoms with E-state index in [0.717, 1.165) is 0 Å². The van der Waals surface area contributed by atoms with Gasteiger partial charge in [0.25, 0.3) is 0 Å². The van der Waals surface area contributed by atoms with Crippen molar-refractivity contribution < 1.29 is 31.5 Å². The number of carboxylic acid groups (broad SMARTS) is 1. The molecule has 0 saturated carbocycles. The van der Waals surface area contributed by atoms with Crippen LogP contribution in [0.15, 0.2) is 17.0 Å². The zero-order valence-corrected chi connectivity index (χ0v) is 12.1. The molecule has 0 radical (unpaired) electrons. The summed E-state index contributed by atoms with van der Waals surface area (Å²) in [5.74, 6) is -5.50. The summed E-state index contributed by atoms with van der Waals surface area (Å²) in [7, 11) is -4.60. The molecule has 2 N–H and O–H groups in total. The zero-order valence-electron chi connectivity index (χ0n) is 11.3. The highest BCUT2D eigenvalue weighted by Gasteiger charge is 2.31. The second kappa shape index (κ2) is 6.02. The standard InChI is InChI=1S/C12H14F3NO4S/c1-12(2,4-3-10(17)18)16-21(19,20)11-8(14)5-7(13)6-9(11)15/h5-6,16H,3-4H2,1-2H3,(H,17,18). The fraction of sp³-hybridized carbons (Fsp3) is 0.417. The third-order valence-corrected chi connectivity index (χ3v) is 4.36. The summed E-state index contributed by atoms with van der Waals surface area (Å²) < 4.78 is 65.8. The van der Waals surface area contributed by atoms with Crippen molar-refractivity contribution >= 4 is 16.0 Å². The van der Waals surface area contributed by atoms with Crippen molar-refractivity contribution in [1.29, 1.82) is 0 Å². The van der Waals surface area contributed by atoms with Gasteiger partial charge in [-0.05, 0) is 20.3 Å². The van der Waals surface area contributed by atoms with Crippen molar-refractivity contribution in [3.8, 4) is 0 Å². The highest BCUT2D eigenvalue weighted by atomic mass is 32.2. The molecule has 1 aromatic carbocycles. The first kappa shape index (κ1) is 17.4. The van der Waals surface area contributed by atoms with Crippen LogP contribution < -0.4 is 4.72 Å². The molecule has 0 aromatic heterocycles. The lowest BCUT2D eigenvalue weighted by Crippen LogP contribution is -2.44. The van der Waals surface area contributed by atoms with Gasteiger partial charge in [0.05, 0.1) is 0 Å². The van der Waals surface area contributed by atoms with Gasteiger partial charge in [0.2, 0.25) is 10.0 Å². The van der Waals surface area contributed by atoms with Crippen LogP contribution in [0.3, 0.4) is 0 Å². The van der Waals surface area contributed by atoms with Crippen LogP contribution in [0, 0.1) is 17.5 Å². The molecule has 0 saturated heterocycles. The van der Waals surface area contributed by atoms with Crippen LogP contribution in [0.2, 0.25) is 0 Å². The molecular formula is C12H14F3NO4S. The second-order valence-corrected chi connectivity index (χ2v) is 6.70. The van der Waals surface area contributed by atoms with Crippen molar-refractivity contribution in [2.75, 3.05) is 0 Å². The van der Waals surface area contributed by atoms with E-state index in [-0.39, 0.29) is 25.0 Å². The number of carbonyl (C=O) groups is 1. The summed E-state index contributed by atoms with van der Waals surface area (Å²) >= 11 is 0. The van der Waals surface area contributed by atoms with E-state index in [0.29, 0.717) is 0 Å². The molecule has 0 aliphatic heterocycles. The van der Waals surface area contributed by atoms with Crippen molar-refractivity contribution in [2.24, 2.45) is 0 Å². The van der Waals surface area contributed by atoms with Gasteiger partial charge in [-0.15, -0.1) is 0 Å². The van der Waals surface area contributed by atoms with Gasteiger partial charge < -0.3 is 5.11 Å². The molecule has 21 heavy (non-hydrogen) atoms. The molecule has 1 rings (SSSR count). The summed E-state index contributed by atoms with van der Waals surface area (Å²) in [5, 5.41) is 8.57. The second-order valence-electron chi connectivity index (χ2n) is 5.08. The van der Waals surface area contributed by atoms with Crippen LogP contribution >= 0.6 is 0 Å². The Kier molecular flexibility index (Phi) is 5.00. The van der Waals surface area contributed by atoms with Gasteiger partial charge in [-0.1, -0.05) is 0 Å². The van der Waals surface area contributed by atoms with Gasteiger partial charge in [-0.25, -0.2) is 26.3 Å². The SMILES string of the molecule is CC(C)(CCC(=O)O)NS(=O)(=O)c1c(F)cc(F)cc1F. The Morgan fingerprint density at radius 2 is 1.71 bits per heavy atom. The first-order chi connectivity index (χ1) is 9.44. The number of hydrogen-bond donors (Lipinski definition) is 2. The monoisotopic (exact) mass is 325 g/mol. The molecule has 118 valence electrons. The van der Waals surface area contributed by atoms with Crippen LogP contribution in [0.4, 0.5) is 13.2 Å². The van der Waals surface area contributed by atoms with Crippen LogP contribution in [-0.2, 0) is 14.8 Å². The normalized spacial score (nSPS) is 12.4. The van der Waals surface area contributed by atoms with Crippen molar-refractivity contribution in [3.05, 3.63) is 29.6 Å². The Bertz CT molecular complexity index is 635. The molecule has 0 amide bonds. The molecule has 9 heteroatoms. The summed E-state index contributed by atoms with van der Waals surface area (Å²) in [5.41, 5.74) is -1.25. The predicted molar refractivity (Wildman–Crippen MR) is 67.6 cm³/mol. The van der Waals surface area contributed by atoms with Gasteiger partial charge in [0.15, 0.2) is 4.90 Å². The number of carboxylic acids is 1. The van der Waals surface area contributed by atoms with E-state index < -0.39 is 43.9 Å². The lowest BCUT2D eigenvalue weighted by atomic mass is 10.0. The van der Waals surface area contributed by atoms with E-state index in [1.54, 1.807) is 0 Å². The quantitative estimate of drug-likeness (QED) is 0.838. The summed E-state index contributed by atoms with van der Waals surface area (Å²) in [6, 6.07) is 0.504. The lowest BCUT2D eigenvalue weighted by Gasteiger charge is -2.25. The smallest absolute Gasteiger partial charge is 0.303 e. The van der Waals surface area contributed by atoms with Crippen LogP contribution in [0.25, 0.3) is 0 Å². The highest BCUT2D eigenvalue weighted by molar-refractivity contribution is 7.89. The average Bonchev–Trinajstić information content (AvgIpc) is 2.22. The number of hydrogen-bond acceptors (Lipinski definition) is 3. The molecule has 0 heterocycles. The minimum absolute atomic E-state index is 0.0913. The van der Waals surface area contributed by atoms with E-state index in [2.05, 4.69) is 0 Å². The largest absolute Gasteiger partial charge is 0.481 e. The summed E-state index contributed by atoms with van der Waals surface area (Å²) in [4.78, 5) is 9.19. The number of rotatable bonds is 6. The van der Waals surface area contributed by atoms with E-state index in [4.69, 9.17) is 5.11 Å². The molecule has 0 unspecified atom stereocenters. The number of nitrogens with one attached hydrogen (secondary N) is 1. The first-order valence-corrected chi connectivity index (χ1v) is 7.33. The molecule has 0 spiro atoms. The molecule has 0 aliphatic rings. The molecule has 1 aromatic rings. The average molecular weight is 325 g/mol. The highest BCUT2D eigenvalue weighted by Crippen LogP contribution is 2.23. The van der Waals surface area contributed by atoms with E-state index in [9.17, 15) is 26.4 Å². The molecule has 5 nitrogen and oxygen atoms in total. The van der Waals surface area contributed by atoms with Crippen LogP contribution in [0.5, 0.6) is 0 Å². The summed E-state index contributed by atoms with van der Waals surface area (Å²) in [6.45, 7) is 2.74. The van der Waals surface area contributed by atoms with Gasteiger partial charge in [-0.2, -0.15) is 0 Å². The minimum atomic E-state index is -4.60. The zero-order chi connectivity index (χ0) is 16.4.